The molecular formula is C12H16BrNO3. The molecule has 17 heavy (non-hydrogen) atoms. The summed E-state index contributed by atoms with van der Waals surface area (Å²) in [7, 11) is 0. The van der Waals surface area contributed by atoms with Gasteiger partial charge in [-0.1, -0.05) is 15.9 Å². The van der Waals surface area contributed by atoms with Gasteiger partial charge in [-0.15, -0.1) is 0 Å². The summed E-state index contributed by atoms with van der Waals surface area (Å²) in [6, 6.07) is 7.49. The van der Waals surface area contributed by atoms with Crippen molar-refractivity contribution in [3.05, 3.63) is 28.7 Å². The van der Waals surface area contributed by atoms with Crippen LogP contribution in [-0.4, -0.2) is 29.8 Å². The van der Waals surface area contributed by atoms with Gasteiger partial charge in [-0.25, -0.2) is 0 Å². The van der Waals surface area contributed by atoms with Crippen LogP contribution in [0.4, 0.5) is 0 Å². The summed E-state index contributed by atoms with van der Waals surface area (Å²) in [6.07, 6.45) is 0. The summed E-state index contributed by atoms with van der Waals surface area (Å²) in [5.41, 5.74) is -0.928. The molecule has 5 heteroatoms. The van der Waals surface area contributed by atoms with Crippen LogP contribution in [0, 0.1) is 0 Å². The van der Waals surface area contributed by atoms with E-state index in [9.17, 15) is 4.79 Å². The van der Waals surface area contributed by atoms with Gasteiger partial charge in [-0.3, -0.25) is 10.1 Å². The molecule has 0 aliphatic carbocycles. The highest BCUT2D eigenvalue weighted by Crippen LogP contribution is 2.15. The molecule has 0 heterocycles. The molecule has 1 aromatic rings. The maximum Gasteiger partial charge on any atom is 0.323 e. The summed E-state index contributed by atoms with van der Waals surface area (Å²) in [4.78, 5) is 10.8. The lowest BCUT2D eigenvalue weighted by Crippen LogP contribution is -2.48. The number of halogens is 1. The third-order valence-corrected chi connectivity index (χ3v) is 2.81. The second kappa shape index (κ2) is 6.02. The Morgan fingerprint density at radius 1 is 1.41 bits per heavy atom. The van der Waals surface area contributed by atoms with Crippen molar-refractivity contribution in [3.63, 3.8) is 0 Å². The first-order chi connectivity index (χ1) is 7.92. The number of benzene rings is 1. The van der Waals surface area contributed by atoms with E-state index in [0.29, 0.717) is 13.2 Å². The van der Waals surface area contributed by atoms with Crippen LogP contribution in [0.15, 0.2) is 28.7 Å². The molecule has 0 saturated carbocycles. The van der Waals surface area contributed by atoms with Crippen molar-refractivity contribution in [2.45, 2.75) is 19.4 Å². The summed E-state index contributed by atoms with van der Waals surface area (Å²) < 4.78 is 6.46. The molecule has 0 amide bonds. The highest BCUT2D eigenvalue weighted by atomic mass is 79.9. The zero-order valence-corrected chi connectivity index (χ0v) is 11.5. The van der Waals surface area contributed by atoms with Crippen LogP contribution < -0.4 is 10.1 Å². The molecule has 0 aromatic heterocycles. The first-order valence-corrected chi connectivity index (χ1v) is 6.08. The number of carboxylic acids is 1. The van der Waals surface area contributed by atoms with E-state index in [2.05, 4.69) is 21.2 Å². The second-order valence-corrected chi connectivity index (χ2v) is 5.07. The SMILES string of the molecule is CC(C)(NCCOc1ccc(Br)cc1)C(=O)O. The predicted molar refractivity (Wildman–Crippen MR) is 69.4 cm³/mol. The van der Waals surface area contributed by atoms with Gasteiger partial charge in [-0.2, -0.15) is 0 Å². The molecule has 1 aromatic carbocycles. The van der Waals surface area contributed by atoms with Gasteiger partial charge in [-0.05, 0) is 38.1 Å². The molecule has 0 saturated heterocycles. The van der Waals surface area contributed by atoms with E-state index in [1.807, 2.05) is 24.3 Å². The van der Waals surface area contributed by atoms with Crippen molar-refractivity contribution in [2.24, 2.45) is 0 Å². The number of ether oxygens (including phenoxy) is 1. The van der Waals surface area contributed by atoms with Gasteiger partial charge < -0.3 is 9.84 Å². The maximum atomic E-state index is 10.8. The predicted octanol–water partition coefficient (Wildman–Crippen LogP) is 2.28. The number of hydrogen-bond acceptors (Lipinski definition) is 3. The molecule has 4 nitrogen and oxygen atoms in total. The summed E-state index contributed by atoms with van der Waals surface area (Å²) >= 11 is 3.34. The van der Waals surface area contributed by atoms with Crippen LogP contribution in [0.3, 0.4) is 0 Å². The first kappa shape index (κ1) is 14.0. The molecule has 1 rings (SSSR count). The molecule has 0 bridgehead atoms. The van der Waals surface area contributed by atoms with Crippen molar-refractivity contribution >= 4 is 21.9 Å². The van der Waals surface area contributed by atoms with Crippen LogP contribution >= 0.6 is 15.9 Å². The zero-order chi connectivity index (χ0) is 12.9. The Bertz CT molecular complexity index is 376. The Morgan fingerprint density at radius 3 is 2.53 bits per heavy atom. The van der Waals surface area contributed by atoms with Crippen molar-refractivity contribution in [3.8, 4) is 5.75 Å². The molecular weight excluding hydrogens is 286 g/mol. The molecule has 94 valence electrons. The minimum absolute atomic E-state index is 0.429. The Balaban J connectivity index is 2.29. The van der Waals surface area contributed by atoms with Gasteiger partial charge in [0.15, 0.2) is 0 Å². The number of nitrogens with one attached hydrogen (secondary N) is 1. The lowest BCUT2D eigenvalue weighted by molar-refractivity contribution is -0.143. The van der Waals surface area contributed by atoms with Crippen molar-refractivity contribution in [1.82, 2.24) is 5.32 Å². The lowest BCUT2D eigenvalue weighted by Gasteiger charge is -2.20. The van der Waals surface area contributed by atoms with Crippen LogP contribution in [0.2, 0.25) is 0 Å². The van der Waals surface area contributed by atoms with E-state index in [0.717, 1.165) is 10.2 Å². The van der Waals surface area contributed by atoms with Crippen LogP contribution in [0.5, 0.6) is 5.75 Å². The second-order valence-electron chi connectivity index (χ2n) is 4.16. The fraction of sp³-hybridized carbons (Fsp3) is 0.417. The lowest BCUT2D eigenvalue weighted by atomic mass is 10.1. The topological polar surface area (TPSA) is 58.6 Å². The Hall–Kier alpha value is -1.07. The normalized spacial score (nSPS) is 11.2. The summed E-state index contributed by atoms with van der Waals surface area (Å²) in [5, 5.41) is 11.8. The average Bonchev–Trinajstić information content (AvgIpc) is 2.26. The van der Waals surface area contributed by atoms with Crippen molar-refractivity contribution < 1.29 is 14.6 Å². The van der Waals surface area contributed by atoms with E-state index in [4.69, 9.17) is 9.84 Å². The number of carboxylic acid groups (broad SMARTS) is 1. The molecule has 0 aliphatic heterocycles. The fourth-order valence-electron chi connectivity index (χ4n) is 1.14. The van der Waals surface area contributed by atoms with Crippen molar-refractivity contribution in [1.29, 1.82) is 0 Å². The monoisotopic (exact) mass is 301 g/mol. The van der Waals surface area contributed by atoms with E-state index < -0.39 is 11.5 Å². The highest BCUT2D eigenvalue weighted by Gasteiger charge is 2.25. The number of carbonyl (C=O) groups is 1. The Kier molecular flexibility index (Phi) is 4.96. The van der Waals surface area contributed by atoms with Crippen LogP contribution in [-0.2, 0) is 4.79 Å². The minimum Gasteiger partial charge on any atom is -0.492 e. The fourth-order valence-corrected chi connectivity index (χ4v) is 1.40. The van der Waals surface area contributed by atoms with E-state index in [-0.39, 0.29) is 0 Å². The highest BCUT2D eigenvalue weighted by molar-refractivity contribution is 9.10. The van der Waals surface area contributed by atoms with Crippen molar-refractivity contribution in [2.75, 3.05) is 13.2 Å². The smallest absolute Gasteiger partial charge is 0.323 e. The first-order valence-electron chi connectivity index (χ1n) is 5.28. The molecule has 0 radical (unpaired) electrons. The van der Waals surface area contributed by atoms with E-state index in [1.54, 1.807) is 13.8 Å². The number of aliphatic carboxylic acids is 1. The number of rotatable bonds is 6. The minimum atomic E-state index is -0.928. The molecule has 0 spiro atoms. The van der Waals surface area contributed by atoms with Crippen LogP contribution in [0.25, 0.3) is 0 Å². The third kappa shape index (κ3) is 4.75. The maximum absolute atomic E-state index is 10.8. The Labute approximate surface area is 109 Å². The average molecular weight is 302 g/mol. The van der Waals surface area contributed by atoms with E-state index in [1.165, 1.54) is 0 Å². The Morgan fingerprint density at radius 2 is 2.00 bits per heavy atom. The van der Waals surface area contributed by atoms with Gasteiger partial charge in [0.1, 0.15) is 17.9 Å². The summed E-state index contributed by atoms with van der Waals surface area (Å²) in [6.45, 7) is 4.15. The van der Waals surface area contributed by atoms with E-state index >= 15 is 0 Å². The van der Waals surface area contributed by atoms with Gasteiger partial charge in [0.25, 0.3) is 0 Å². The van der Waals surface area contributed by atoms with Gasteiger partial charge in [0.05, 0.1) is 0 Å². The third-order valence-electron chi connectivity index (χ3n) is 2.29. The van der Waals surface area contributed by atoms with Gasteiger partial charge >= 0.3 is 5.97 Å². The molecule has 2 N–H and O–H groups in total. The summed E-state index contributed by atoms with van der Waals surface area (Å²) in [5.74, 6) is -0.107. The van der Waals surface area contributed by atoms with Gasteiger partial charge in [0.2, 0.25) is 0 Å². The quantitative estimate of drug-likeness (QED) is 0.792. The zero-order valence-electron chi connectivity index (χ0n) is 9.87. The standard InChI is InChI=1S/C12H16BrNO3/c1-12(2,11(15)16)14-7-8-17-10-5-3-9(13)4-6-10/h3-6,14H,7-8H2,1-2H3,(H,15,16). The van der Waals surface area contributed by atoms with Crippen LogP contribution in [0.1, 0.15) is 13.8 Å². The molecule has 0 aliphatic rings. The number of hydrogen-bond donors (Lipinski definition) is 2. The largest absolute Gasteiger partial charge is 0.492 e. The molecule has 0 atom stereocenters. The molecule has 0 fully saturated rings. The molecule has 0 unspecified atom stereocenters. The van der Waals surface area contributed by atoms with Gasteiger partial charge in [0, 0.05) is 11.0 Å².